The molecule has 2 atom stereocenters. The highest BCUT2D eigenvalue weighted by atomic mass is 16.5. The minimum absolute atomic E-state index is 0.0607. The van der Waals surface area contributed by atoms with Crippen molar-refractivity contribution in [2.24, 2.45) is 11.3 Å². The number of aliphatic carboxylic acids is 1. The zero-order valence-electron chi connectivity index (χ0n) is 12.7. The van der Waals surface area contributed by atoms with Crippen LogP contribution in [0.5, 0.6) is 0 Å². The van der Waals surface area contributed by atoms with Crippen molar-refractivity contribution in [3.8, 4) is 0 Å². The van der Waals surface area contributed by atoms with Crippen molar-refractivity contribution in [2.75, 3.05) is 13.2 Å². The molecular formula is C15H26O6. The van der Waals surface area contributed by atoms with Crippen LogP contribution in [-0.4, -0.2) is 46.6 Å². The van der Waals surface area contributed by atoms with E-state index >= 15 is 0 Å². The standard InChI is InChI=1S/C15H26O6/c1-4-15(2,3)7-5-6-11(14(19)20)8-13(18)21-10-12(17)9-16/h4,11-12,16-17H,1,5-10H2,2-3H3,(H,19,20). The average Bonchev–Trinajstić information content (AvgIpc) is 2.43. The summed E-state index contributed by atoms with van der Waals surface area (Å²) in [7, 11) is 0. The van der Waals surface area contributed by atoms with Crippen molar-refractivity contribution in [3.63, 3.8) is 0 Å². The molecule has 6 nitrogen and oxygen atoms in total. The molecule has 0 aromatic rings. The number of hydrogen-bond donors (Lipinski definition) is 3. The molecule has 0 bridgehead atoms. The molecule has 0 aromatic carbocycles. The average molecular weight is 302 g/mol. The van der Waals surface area contributed by atoms with Gasteiger partial charge >= 0.3 is 11.9 Å². The summed E-state index contributed by atoms with van der Waals surface area (Å²) < 4.78 is 4.72. The van der Waals surface area contributed by atoms with Gasteiger partial charge in [-0.25, -0.2) is 0 Å². The molecule has 0 amide bonds. The maximum Gasteiger partial charge on any atom is 0.307 e. The lowest BCUT2D eigenvalue weighted by Gasteiger charge is -2.20. The predicted octanol–water partition coefficient (Wildman–Crippen LogP) is 1.36. The quantitative estimate of drug-likeness (QED) is 0.393. The number of carbonyl (C=O) groups excluding carboxylic acids is 1. The van der Waals surface area contributed by atoms with Crippen molar-refractivity contribution >= 4 is 11.9 Å². The third-order valence-corrected chi connectivity index (χ3v) is 3.34. The Morgan fingerprint density at radius 1 is 1.38 bits per heavy atom. The van der Waals surface area contributed by atoms with E-state index in [9.17, 15) is 9.59 Å². The van der Waals surface area contributed by atoms with Gasteiger partial charge in [0.25, 0.3) is 0 Å². The van der Waals surface area contributed by atoms with Crippen LogP contribution in [0.2, 0.25) is 0 Å². The number of esters is 1. The third-order valence-electron chi connectivity index (χ3n) is 3.34. The lowest BCUT2D eigenvalue weighted by molar-refractivity contribution is -0.154. The van der Waals surface area contributed by atoms with Crippen LogP contribution in [0.15, 0.2) is 12.7 Å². The Hall–Kier alpha value is -1.40. The fraction of sp³-hybridized carbons (Fsp3) is 0.733. The number of rotatable bonds is 11. The van der Waals surface area contributed by atoms with Crippen molar-refractivity contribution in [1.29, 1.82) is 0 Å². The van der Waals surface area contributed by atoms with Crippen molar-refractivity contribution in [2.45, 2.75) is 45.6 Å². The van der Waals surface area contributed by atoms with Crippen LogP contribution in [0.1, 0.15) is 39.5 Å². The minimum Gasteiger partial charge on any atom is -0.481 e. The molecule has 0 radical (unpaired) electrons. The number of aliphatic hydroxyl groups excluding tert-OH is 2. The van der Waals surface area contributed by atoms with E-state index in [0.29, 0.717) is 12.8 Å². The van der Waals surface area contributed by atoms with E-state index in [-0.39, 0.29) is 18.4 Å². The van der Waals surface area contributed by atoms with E-state index in [1.165, 1.54) is 0 Å². The lowest BCUT2D eigenvalue weighted by atomic mass is 9.85. The number of hydrogen-bond acceptors (Lipinski definition) is 5. The van der Waals surface area contributed by atoms with Gasteiger partial charge in [-0.1, -0.05) is 26.3 Å². The molecular weight excluding hydrogens is 276 g/mol. The Kier molecular flexibility index (Phi) is 8.89. The SMILES string of the molecule is C=CC(C)(C)CCCC(CC(=O)OCC(O)CO)C(=O)O. The molecule has 0 heterocycles. The number of carboxylic acids is 1. The molecule has 0 fully saturated rings. The Bertz CT molecular complexity index is 350. The first kappa shape index (κ1) is 19.6. The second-order valence-corrected chi connectivity index (χ2v) is 5.84. The Morgan fingerprint density at radius 2 is 2.00 bits per heavy atom. The molecule has 0 aliphatic rings. The monoisotopic (exact) mass is 302 g/mol. The molecule has 0 saturated heterocycles. The van der Waals surface area contributed by atoms with Gasteiger partial charge in [0.05, 0.1) is 18.9 Å². The largest absolute Gasteiger partial charge is 0.481 e. The summed E-state index contributed by atoms with van der Waals surface area (Å²) in [6.07, 6.45) is 2.30. The summed E-state index contributed by atoms with van der Waals surface area (Å²) in [6.45, 7) is 6.92. The fourth-order valence-electron chi connectivity index (χ4n) is 1.72. The highest BCUT2D eigenvalue weighted by Gasteiger charge is 2.23. The van der Waals surface area contributed by atoms with Crippen molar-refractivity contribution < 1.29 is 29.6 Å². The van der Waals surface area contributed by atoms with Gasteiger partial charge in [-0.2, -0.15) is 0 Å². The third kappa shape index (κ3) is 9.20. The van der Waals surface area contributed by atoms with E-state index in [1.807, 2.05) is 19.9 Å². The summed E-state index contributed by atoms with van der Waals surface area (Å²) in [4.78, 5) is 22.6. The predicted molar refractivity (Wildman–Crippen MR) is 77.6 cm³/mol. The van der Waals surface area contributed by atoms with Gasteiger partial charge in [0.15, 0.2) is 0 Å². The van der Waals surface area contributed by atoms with Crippen LogP contribution in [0.4, 0.5) is 0 Å². The van der Waals surface area contributed by atoms with Gasteiger partial charge in [0, 0.05) is 0 Å². The molecule has 0 saturated carbocycles. The fourth-order valence-corrected chi connectivity index (χ4v) is 1.72. The molecule has 3 N–H and O–H groups in total. The summed E-state index contributed by atoms with van der Waals surface area (Å²) in [5, 5.41) is 26.8. The van der Waals surface area contributed by atoms with Gasteiger partial charge < -0.3 is 20.1 Å². The van der Waals surface area contributed by atoms with E-state index in [1.54, 1.807) is 0 Å². The molecule has 0 aromatic heterocycles. The highest BCUT2D eigenvalue weighted by molar-refractivity contribution is 5.78. The van der Waals surface area contributed by atoms with Crippen LogP contribution in [-0.2, 0) is 14.3 Å². The normalized spacial score (nSPS) is 14.3. The zero-order chi connectivity index (χ0) is 16.5. The minimum atomic E-state index is -1.13. The van der Waals surface area contributed by atoms with Crippen molar-refractivity contribution in [1.82, 2.24) is 0 Å². The van der Waals surface area contributed by atoms with Gasteiger partial charge in [-0.15, -0.1) is 6.58 Å². The summed E-state index contributed by atoms with van der Waals surface area (Å²) in [5.41, 5.74) is -0.0607. The highest BCUT2D eigenvalue weighted by Crippen LogP contribution is 2.26. The van der Waals surface area contributed by atoms with E-state index in [2.05, 4.69) is 6.58 Å². The topological polar surface area (TPSA) is 104 Å². The summed E-state index contributed by atoms with van der Waals surface area (Å²) in [5.74, 6) is -2.52. The second kappa shape index (κ2) is 9.52. The first-order valence-electron chi connectivity index (χ1n) is 7.02. The van der Waals surface area contributed by atoms with E-state index < -0.39 is 30.6 Å². The first-order valence-corrected chi connectivity index (χ1v) is 7.02. The maximum absolute atomic E-state index is 11.5. The van der Waals surface area contributed by atoms with Crippen LogP contribution >= 0.6 is 0 Å². The number of carbonyl (C=O) groups is 2. The molecule has 0 aliphatic heterocycles. The Labute approximate surface area is 125 Å². The molecule has 0 rings (SSSR count). The number of ether oxygens (including phenoxy) is 1. The van der Waals surface area contributed by atoms with Crippen LogP contribution < -0.4 is 0 Å². The Morgan fingerprint density at radius 3 is 2.48 bits per heavy atom. The van der Waals surface area contributed by atoms with E-state index in [0.717, 1.165) is 6.42 Å². The molecule has 6 heteroatoms. The van der Waals surface area contributed by atoms with Gasteiger partial charge in [-0.3, -0.25) is 9.59 Å². The van der Waals surface area contributed by atoms with Crippen LogP contribution in [0.3, 0.4) is 0 Å². The first-order chi connectivity index (χ1) is 9.71. The maximum atomic E-state index is 11.5. The molecule has 122 valence electrons. The van der Waals surface area contributed by atoms with Crippen LogP contribution in [0.25, 0.3) is 0 Å². The number of aliphatic hydroxyl groups is 2. The van der Waals surface area contributed by atoms with Gasteiger partial charge in [0.2, 0.25) is 0 Å². The lowest BCUT2D eigenvalue weighted by Crippen LogP contribution is -2.25. The molecule has 21 heavy (non-hydrogen) atoms. The number of carboxylic acid groups (broad SMARTS) is 1. The Balaban J connectivity index is 4.22. The smallest absolute Gasteiger partial charge is 0.307 e. The van der Waals surface area contributed by atoms with Gasteiger partial charge in [0.1, 0.15) is 12.7 Å². The molecule has 2 unspecified atom stereocenters. The second-order valence-electron chi connectivity index (χ2n) is 5.84. The zero-order valence-corrected chi connectivity index (χ0v) is 12.7. The van der Waals surface area contributed by atoms with Crippen molar-refractivity contribution in [3.05, 3.63) is 12.7 Å². The van der Waals surface area contributed by atoms with E-state index in [4.69, 9.17) is 20.1 Å². The molecule has 0 spiro atoms. The molecule has 0 aliphatic carbocycles. The van der Waals surface area contributed by atoms with Gasteiger partial charge in [-0.05, 0) is 18.3 Å². The summed E-state index contributed by atoms with van der Waals surface area (Å²) in [6, 6.07) is 0. The number of allylic oxidation sites excluding steroid dienone is 1. The van der Waals surface area contributed by atoms with Crippen LogP contribution in [0, 0.1) is 11.3 Å². The summed E-state index contributed by atoms with van der Waals surface area (Å²) >= 11 is 0.